The number of urea groups is 1. The van der Waals surface area contributed by atoms with Crippen molar-refractivity contribution in [1.82, 2.24) is 9.62 Å². The quantitative estimate of drug-likeness (QED) is 0.900. The van der Waals surface area contributed by atoms with E-state index in [2.05, 4.69) is 0 Å². The van der Waals surface area contributed by atoms with Crippen LogP contribution >= 0.6 is 11.6 Å². The molecule has 1 aliphatic rings. The minimum absolute atomic E-state index is 0.123. The molecule has 5 nitrogen and oxygen atoms in total. The zero-order valence-corrected chi connectivity index (χ0v) is 12.4. The third-order valence-corrected chi connectivity index (χ3v) is 4.72. The van der Waals surface area contributed by atoms with E-state index in [1.165, 1.54) is 24.3 Å². The third-order valence-electron chi connectivity index (χ3n) is 3.13. The fraction of sp³-hybridized carbons (Fsp3) is 0.417. The van der Waals surface area contributed by atoms with Crippen LogP contribution in [-0.2, 0) is 10.0 Å². The van der Waals surface area contributed by atoms with Crippen LogP contribution in [0, 0.1) is 0 Å². The Labute approximate surface area is 125 Å². The molecule has 0 bridgehead atoms. The van der Waals surface area contributed by atoms with Crippen molar-refractivity contribution in [2.45, 2.75) is 23.7 Å². The summed E-state index contributed by atoms with van der Waals surface area (Å²) in [7, 11) is -4.04. The summed E-state index contributed by atoms with van der Waals surface area (Å²) in [6.45, 7) is -0.371. The second-order valence-corrected chi connectivity index (χ2v) is 6.83. The minimum Gasteiger partial charge on any atom is -0.324 e. The van der Waals surface area contributed by atoms with E-state index in [1.807, 2.05) is 4.72 Å². The van der Waals surface area contributed by atoms with Gasteiger partial charge in [0.2, 0.25) is 0 Å². The van der Waals surface area contributed by atoms with E-state index in [1.54, 1.807) is 0 Å². The minimum atomic E-state index is -4.04. The van der Waals surface area contributed by atoms with E-state index >= 15 is 0 Å². The van der Waals surface area contributed by atoms with Gasteiger partial charge in [0.25, 0.3) is 15.9 Å². The molecular formula is C12H13ClF2N2O3S. The maximum atomic E-state index is 13.0. The summed E-state index contributed by atoms with van der Waals surface area (Å²) in [5.41, 5.74) is 0. The highest BCUT2D eigenvalue weighted by molar-refractivity contribution is 7.90. The van der Waals surface area contributed by atoms with Crippen LogP contribution in [0.2, 0.25) is 5.02 Å². The highest BCUT2D eigenvalue weighted by atomic mass is 35.5. The van der Waals surface area contributed by atoms with Crippen molar-refractivity contribution in [3.05, 3.63) is 29.3 Å². The van der Waals surface area contributed by atoms with Crippen molar-refractivity contribution < 1.29 is 22.0 Å². The fourth-order valence-electron chi connectivity index (χ4n) is 1.89. The number of sulfonamides is 1. The Balaban J connectivity index is 2.04. The Morgan fingerprint density at radius 3 is 2.24 bits per heavy atom. The van der Waals surface area contributed by atoms with E-state index in [4.69, 9.17) is 11.6 Å². The molecule has 1 N–H and O–H groups in total. The summed E-state index contributed by atoms with van der Waals surface area (Å²) in [6.07, 6.45) is -0.942. The number of likely N-dealkylation sites (tertiary alicyclic amines) is 1. The molecule has 0 spiro atoms. The number of rotatable bonds is 2. The highest BCUT2D eigenvalue weighted by Gasteiger charge is 2.36. The van der Waals surface area contributed by atoms with E-state index in [-0.39, 0.29) is 18.0 Å². The first-order chi connectivity index (χ1) is 9.70. The molecule has 1 aromatic carbocycles. The summed E-state index contributed by atoms with van der Waals surface area (Å²) >= 11 is 5.65. The standard InChI is InChI=1S/C12H13ClF2N2O3S/c13-9-1-3-10(4-2-9)21(19,20)16-11(18)17-7-5-12(14,15)6-8-17/h1-4H,5-8H2,(H,16,18). The topological polar surface area (TPSA) is 66.5 Å². The van der Waals surface area contributed by atoms with E-state index < -0.39 is 34.8 Å². The van der Waals surface area contributed by atoms with Gasteiger partial charge < -0.3 is 4.90 Å². The van der Waals surface area contributed by atoms with Crippen molar-refractivity contribution in [3.63, 3.8) is 0 Å². The summed E-state index contributed by atoms with van der Waals surface area (Å²) in [5.74, 6) is -2.80. The average molecular weight is 339 g/mol. The second-order valence-electron chi connectivity index (χ2n) is 4.71. The van der Waals surface area contributed by atoms with Crippen LogP contribution in [-0.4, -0.2) is 38.4 Å². The molecule has 0 aliphatic carbocycles. The normalized spacial score (nSPS) is 18.3. The molecule has 0 saturated carbocycles. The summed E-state index contributed by atoms with van der Waals surface area (Å²) in [4.78, 5) is 12.8. The van der Waals surface area contributed by atoms with Gasteiger partial charge in [-0.05, 0) is 24.3 Å². The fourth-order valence-corrected chi connectivity index (χ4v) is 2.99. The van der Waals surface area contributed by atoms with Crippen molar-refractivity contribution in [2.75, 3.05) is 13.1 Å². The summed E-state index contributed by atoms with van der Waals surface area (Å²) < 4.78 is 51.8. The number of hydrogen-bond acceptors (Lipinski definition) is 3. The van der Waals surface area contributed by atoms with Gasteiger partial charge >= 0.3 is 6.03 Å². The van der Waals surface area contributed by atoms with E-state index in [0.29, 0.717) is 5.02 Å². The summed E-state index contributed by atoms with van der Waals surface area (Å²) in [6, 6.07) is 4.36. The first kappa shape index (κ1) is 16.0. The number of nitrogens with zero attached hydrogens (tertiary/aromatic N) is 1. The molecule has 2 amide bonds. The van der Waals surface area contributed by atoms with Crippen LogP contribution in [0.25, 0.3) is 0 Å². The molecule has 2 rings (SSSR count). The molecule has 1 aliphatic heterocycles. The second kappa shape index (κ2) is 5.76. The van der Waals surface area contributed by atoms with Gasteiger partial charge in [0, 0.05) is 31.0 Å². The van der Waals surface area contributed by atoms with Crippen LogP contribution in [0.3, 0.4) is 0 Å². The number of piperidine rings is 1. The molecule has 1 heterocycles. The predicted octanol–water partition coefficient (Wildman–Crippen LogP) is 2.47. The number of carbonyl (C=O) groups is 1. The van der Waals surface area contributed by atoms with Gasteiger partial charge in [0.1, 0.15) is 0 Å². The maximum absolute atomic E-state index is 13.0. The van der Waals surface area contributed by atoms with Gasteiger partial charge in [0.15, 0.2) is 0 Å². The molecule has 0 aromatic heterocycles. The van der Waals surface area contributed by atoms with Crippen LogP contribution in [0.4, 0.5) is 13.6 Å². The lowest BCUT2D eigenvalue weighted by Gasteiger charge is -2.31. The SMILES string of the molecule is O=C(NS(=O)(=O)c1ccc(Cl)cc1)N1CCC(F)(F)CC1. The van der Waals surface area contributed by atoms with Gasteiger partial charge in [-0.15, -0.1) is 0 Å². The molecular weight excluding hydrogens is 326 g/mol. The first-order valence-electron chi connectivity index (χ1n) is 6.15. The largest absolute Gasteiger partial charge is 0.331 e. The highest BCUT2D eigenvalue weighted by Crippen LogP contribution is 2.27. The van der Waals surface area contributed by atoms with E-state index in [0.717, 1.165) is 4.90 Å². The van der Waals surface area contributed by atoms with Gasteiger partial charge in [-0.1, -0.05) is 11.6 Å². The van der Waals surface area contributed by atoms with Crippen LogP contribution in [0.1, 0.15) is 12.8 Å². The predicted molar refractivity (Wildman–Crippen MR) is 72.9 cm³/mol. The smallest absolute Gasteiger partial charge is 0.324 e. The lowest BCUT2D eigenvalue weighted by Crippen LogP contribution is -2.48. The van der Waals surface area contributed by atoms with Crippen molar-refractivity contribution in [3.8, 4) is 0 Å². The van der Waals surface area contributed by atoms with Crippen LogP contribution in [0.5, 0.6) is 0 Å². The number of hydrogen-bond donors (Lipinski definition) is 1. The number of alkyl halides is 2. The van der Waals surface area contributed by atoms with Gasteiger partial charge in [0.05, 0.1) is 4.90 Å². The Kier molecular flexibility index (Phi) is 4.38. The Morgan fingerprint density at radius 1 is 1.19 bits per heavy atom. The Bertz CT molecular complexity index is 624. The van der Waals surface area contributed by atoms with E-state index in [9.17, 15) is 22.0 Å². The number of carbonyl (C=O) groups excluding carboxylic acids is 1. The lowest BCUT2D eigenvalue weighted by molar-refractivity contribution is -0.0466. The maximum Gasteiger partial charge on any atom is 0.331 e. The first-order valence-corrected chi connectivity index (χ1v) is 8.01. The van der Waals surface area contributed by atoms with Crippen molar-refractivity contribution in [2.24, 2.45) is 0 Å². The lowest BCUT2D eigenvalue weighted by atomic mass is 10.1. The van der Waals surface area contributed by atoms with Crippen molar-refractivity contribution >= 4 is 27.7 Å². The molecule has 21 heavy (non-hydrogen) atoms. The van der Waals surface area contributed by atoms with Crippen molar-refractivity contribution in [1.29, 1.82) is 0 Å². The monoisotopic (exact) mass is 338 g/mol. The third kappa shape index (κ3) is 4.04. The van der Waals surface area contributed by atoms with Crippen LogP contribution < -0.4 is 4.72 Å². The molecule has 1 saturated heterocycles. The average Bonchev–Trinajstić information content (AvgIpc) is 2.38. The zero-order chi connectivity index (χ0) is 15.7. The molecule has 116 valence electrons. The molecule has 1 aromatic rings. The molecule has 0 atom stereocenters. The molecule has 9 heteroatoms. The number of amides is 2. The summed E-state index contributed by atoms with van der Waals surface area (Å²) in [5, 5.41) is 0.360. The molecule has 0 radical (unpaired) electrons. The zero-order valence-electron chi connectivity index (χ0n) is 10.9. The van der Waals surface area contributed by atoms with Gasteiger partial charge in [-0.3, -0.25) is 0 Å². The number of nitrogens with one attached hydrogen (secondary N) is 1. The number of halogens is 3. The van der Waals surface area contributed by atoms with Gasteiger partial charge in [-0.2, -0.15) is 0 Å². The molecule has 0 unspecified atom stereocenters. The van der Waals surface area contributed by atoms with Gasteiger partial charge in [-0.25, -0.2) is 26.7 Å². The Morgan fingerprint density at radius 2 is 1.71 bits per heavy atom. The van der Waals surface area contributed by atoms with Crippen LogP contribution in [0.15, 0.2) is 29.2 Å². The molecule has 1 fully saturated rings. The number of benzene rings is 1. The Hall–Kier alpha value is -1.41.